The molecule has 1 atom stereocenters. The van der Waals surface area contributed by atoms with Gasteiger partial charge in [0.05, 0.1) is 38.8 Å². The van der Waals surface area contributed by atoms with Crippen LogP contribution in [0.1, 0.15) is 34.0 Å². The molecule has 26 heavy (non-hydrogen) atoms. The molecule has 1 aliphatic carbocycles. The minimum Gasteiger partial charge on any atom is -0.493 e. The van der Waals surface area contributed by atoms with Gasteiger partial charge >= 0.3 is 0 Å². The number of hydrogen-bond acceptors (Lipinski definition) is 6. The molecule has 0 saturated carbocycles. The molecular weight excluding hydrogens is 334 g/mol. The average molecular weight is 353 g/mol. The van der Waals surface area contributed by atoms with Gasteiger partial charge in [-0.3, -0.25) is 4.79 Å². The fourth-order valence-corrected chi connectivity index (χ4v) is 3.49. The van der Waals surface area contributed by atoms with Crippen molar-refractivity contribution in [1.82, 2.24) is 14.6 Å². The van der Waals surface area contributed by atoms with Crippen LogP contribution >= 0.6 is 0 Å². The molecule has 0 fully saturated rings. The van der Waals surface area contributed by atoms with E-state index in [0.29, 0.717) is 35.7 Å². The Kier molecular flexibility index (Phi) is 3.99. The number of benzene rings is 1. The maximum Gasteiger partial charge on any atom is 0.203 e. The van der Waals surface area contributed by atoms with Crippen molar-refractivity contribution in [3.8, 4) is 17.2 Å². The van der Waals surface area contributed by atoms with Gasteiger partial charge in [-0.2, -0.15) is 5.10 Å². The largest absolute Gasteiger partial charge is 0.493 e. The van der Waals surface area contributed by atoms with E-state index in [1.54, 1.807) is 38.2 Å². The molecular formula is C19H19N3O4. The van der Waals surface area contributed by atoms with Crippen LogP contribution in [0.25, 0.3) is 5.65 Å². The summed E-state index contributed by atoms with van der Waals surface area (Å²) in [7, 11) is 4.74. The quantitative estimate of drug-likeness (QED) is 0.718. The van der Waals surface area contributed by atoms with Crippen molar-refractivity contribution in [2.24, 2.45) is 0 Å². The number of carbonyl (C=O) groups is 1. The molecule has 134 valence electrons. The van der Waals surface area contributed by atoms with Crippen molar-refractivity contribution in [2.45, 2.75) is 18.8 Å². The molecule has 3 aromatic rings. The van der Waals surface area contributed by atoms with Gasteiger partial charge in [-0.15, -0.1) is 0 Å². The zero-order valence-corrected chi connectivity index (χ0v) is 14.9. The summed E-state index contributed by atoms with van der Waals surface area (Å²) in [6, 6.07) is 5.64. The lowest BCUT2D eigenvalue weighted by Gasteiger charge is -2.24. The Morgan fingerprint density at radius 2 is 1.81 bits per heavy atom. The number of methoxy groups -OCH3 is 3. The Labute approximate surface area is 150 Å². The van der Waals surface area contributed by atoms with Gasteiger partial charge < -0.3 is 14.2 Å². The van der Waals surface area contributed by atoms with Crippen LogP contribution in [-0.2, 0) is 6.42 Å². The minimum atomic E-state index is 0.00146. The SMILES string of the molecule is COc1cc(C2CC(=O)c3cn4nccc4nc3C2)cc(OC)c1OC. The van der Waals surface area contributed by atoms with Gasteiger partial charge in [0.15, 0.2) is 22.9 Å². The second-order valence-electron chi connectivity index (χ2n) is 6.22. The van der Waals surface area contributed by atoms with Crippen molar-refractivity contribution in [3.05, 3.63) is 47.4 Å². The Bertz CT molecular complexity index is 971. The van der Waals surface area contributed by atoms with E-state index in [2.05, 4.69) is 10.1 Å². The number of nitrogens with zero attached hydrogens (tertiary/aromatic N) is 3. The van der Waals surface area contributed by atoms with Crippen LogP contribution in [-0.4, -0.2) is 41.7 Å². The first-order valence-electron chi connectivity index (χ1n) is 8.31. The molecule has 1 aliphatic rings. The molecule has 0 spiro atoms. The molecule has 0 saturated heterocycles. The molecule has 0 aliphatic heterocycles. The van der Waals surface area contributed by atoms with Crippen LogP contribution < -0.4 is 14.2 Å². The molecule has 0 amide bonds. The van der Waals surface area contributed by atoms with Crippen LogP contribution in [0.2, 0.25) is 0 Å². The fraction of sp³-hybridized carbons (Fsp3) is 0.316. The Balaban J connectivity index is 1.76. The summed E-state index contributed by atoms with van der Waals surface area (Å²) >= 11 is 0. The number of fused-ring (bicyclic) bond motifs is 2. The smallest absolute Gasteiger partial charge is 0.203 e. The number of carbonyl (C=O) groups excluding carboxylic acids is 1. The molecule has 2 heterocycles. The summed E-state index contributed by atoms with van der Waals surface area (Å²) in [4.78, 5) is 17.3. The van der Waals surface area contributed by atoms with E-state index in [1.807, 2.05) is 18.2 Å². The van der Waals surface area contributed by atoms with Crippen LogP contribution in [0, 0.1) is 0 Å². The summed E-state index contributed by atoms with van der Waals surface area (Å²) in [6.07, 6.45) is 4.52. The first-order chi connectivity index (χ1) is 12.6. The van der Waals surface area contributed by atoms with Crippen molar-refractivity contribution in [2.75, 3.05) is 21.3 Å². The van der Waals surface area contributed by atoms with Gasteiger partial charge in [0.1, 0.15) is 0 Å². The van der Waals surface area contributed by atoms with E-state index in [0.717, 1.165) is 16.9 Å². The van der Waals surface area contributed by atoms with Gasteiger partial charge in [0.2, 0.25) is 5.75 Å². The molecule has 1 aromatic carbocycles. The van der Waals surface area contributed by atoms with E-state index in [1.165, 1.54) is 0 Å². The zero-order valence-electron chi connectivity index (χ0n) is 14.9. The Morgan fingerprint density at radius 3 is 2.46 bits per heavy atom. The molecule has 0 radical (unpaired) electrons. The second kappa shape index (κ2) is 6.33. The van der Waals surface area contributed by atoms with Crippen LogP contribution in [0.5, 0.6) is 17.2 Å². The molecule has 4 rings (SSSR count). The van der Waals surface area contributed by atoms with E-state index in [-0.39, 0.29) is 11.7 Å². The predicted octanol–water partition coefficient (Wildman–Crippen LogP) is 2.67. The summed E-state index contributed by atoms with van der Waals surface area (Å²) in [6.45, 7) is 0. The fourth-order valence-electron chi connectivity index (χ4n) is 3.49. The van der Waals surface area contributed by atoms with Crippen molar-refractivity contribution in [1.29, 1.82) is 0 Å². The maximum absolute atomic E-state index is 12.7. The maximum atomic E-state index is 12.7. The number of aromatic nitrogens is 3. The highest BCUT2D eigenvalue weighted by Crippen LogP contribution is 2.42. The summed E-state index contributed by atoms with van der Waals surface area (Å²) in [5, 5.41) is 4.16. The molecule has 0 N–H and O–H groups in total. The van der Waals surface area contributed by atoms with E-state index >= 15 is 0 Å². The number of Topliss-reactive ketones (excluding diaryl/α,β-unsaturated/α-hetero) is 1. The number of rotatable bonds is 4. The molecule has 7 heteroatoms. The van der Waals surface area contributed by atoms with Crippen molar-refractivity contribution >= 4 is 11.4 Å². The van der Waals surface area contributed by atoms with Crippen molar-refractivity contribution in [3.63, 3.8) is 0 Å². The number of ether oxygens (including phenoxy) is 3. The van der Waals surface area contributed by atoms with Crippen LogP contribution in [0.15, 0.2) is 30.6 Å². The van der Waals surface area contributed by atoms with Crippen LogP contribution in [0.3, 0.4) is 0 Å². The molecule has 1 unspecified atom stereocenters. The van der Waals surface area contributed by atoms with Gasteiger partial charge in [-0.05, 0) is 30.0 Å². The lowest BCUT2D eigenvalue weighted by Crippen LogP contribution is -2.21. The highest BCUT2D eigenvalue weighted by atomic mass is 16.5. The summed E-state index contributed by atoms with van der Waals surface area (Å²) in [5.41, 5.74) is 3.15. The number of hydrogen-bond donors (Lipinski definition) is 0. The molecule has 0 bridgehead atoms. The van der Waals surface area contributed by atoms with E-state index in [9.17, 15) is 4.79 Å². The standard InChI is InChI=1S/C19H19N3O4/c1-24-16-8-12(9-17(25-2)19(16)26-3)11-6-14-13(15(23)7-11)10-22-18(21-14)4-5-20-22/h4-5,8-11H,6-7H2,1-3H3. The lowest BCUT2D eigenvalue weighted by atomic mass is 9.82. The van der Waals surface area contributed by atoms with Crippen LogP contribution in [0.4, 0.5) is 0 Å². The molecule has 7 nitrogen and oxygen atoms in total. The minimum absolute atomic E-state index is 0.00146. The van der Waals surface area contributed by atoms with E-state index < -0.39 is 0 Å². The van der Waals surface area contributed by atoms with Gasteiger partial charge in [0, 0.05) is 18.7 Å². The Hall–Kier alpha value is -3.09. The van der Waals surface area contributed by atoms with Gasteiger partial charge in [-0.1, -0.05) is 0 Å². The highest BCUT2D eigenvalue weighted by molar-refractivity contribution is 5.98. The third-order valence-corrected chi connectivity index (χ3v) is 4.79. The lowest BCUT2D eigenvalue weighted by molar-refractivity contribution is 0.0962. The van der Waals surface area contributed by atoms with Gasteiger partial charge in [-0.25, -0.2) is 9.50 Å². The predicted molar refractivity (Wildman–Crippen MR) is 94.5 cm³/mol. The van der Waals surface area contributed by atoms with Crippen molar-refractivity contribution < 1.29 is 19.0 Å². The monoisotopic (exact) mass is 353 g/mol. The third kappa shape index (κ3) is 2.56. The first-order valence-corrected chi connectivity index (χ1v) is 8.31. The molecule has 2 aromatic heterocycles. The highest BCUT2D eigenvalue weighted by Gasteiger charge is 2.29. The first kappa shape index (κ1) is 16.4. The summed E-state index contributed by atoms with van der Waals surface area (Å²) < 4.78 is 17.9. The summed E-state index contributed by atoms with van der Waals surface area (Å²) in [5.74, 6) is 1.77. The average Bonchev–Trinajstić information content (AvgIpc) is 3.12. The third-order valence-electron chi connectivity index (χ3n) is 4.79. The Morgan fingerprint density at radius 1 is 1.08 bits per heavy atom. The normalized spacial score (nSPS) is 16.4. The zero-order chi connectivity index (χ0) is 18.3. The van der Waals surface area contributed by atoms with Gasteiger partial charge in [0.25, 0.3) is 0 Å². The van der Waals surface area contributed by atoms with E-state index in [4.69, 9.17) is 14.2 Å². The topological polar surface area (TPSA) is 75.0 Å². The second-order valence-corrected chi connectivity index (χ2v) is 6.22. The number of ketones is 1.